The number of aliphatic hydroxyl groups excluding tert-OH is 1. The molecule has 1 aliphatic carbocycles. The maximum Gasteiger partial charge on any atom is 0.501 e. The predicted octanol–water partition coefficient (Wildman–Crippen LogP) is 12.4. The van der Waals surface area contributed by atoms with Gasteiger partial charge in [-0.15, -0.1) is 23.1 Å². The number of anilines is 2. The molecule has 5 aromatic carbocycles. The van der Waals surface area contributed by atoms with E-state index in [4.69, 9.17) is 11.6 Å². The van der Waals surface area contributed by atoms with Gasteiger partial charge in [0, 0.05) is 124 Å². The summed E-state index contributed by atoms with van der Waals surface area (Å²) in [4.78, 5) is 82.6. The molecule has 3 aliphatic heterocycles. The molecule has 566 valence electrons. The van der Waals surface area contributed by atoms with Gasteiger partial charge in [0.2, 0.25) is 23.6 Å². The highest BCUT2D eigenvalue weighted by Crippen LogP contribution is 2.44. The number of unbranched alkanes of at least 4 members (excludes halogenated alkanes) is 2. The van der Waals surface area contributed by atoms with E-state index < -0.39 is 94.3 Å². The molecule has 0 radical (unpaired) electrons. The number of allylic oxidation sites excluding steroid dienone is 1. The molecule has 10 rings (SSSR count). The van der Waals surface area contributed by atoms with Gasteiger partial charge in [0.1, 0.15) is 17.0 Å². The molecule has 105 heavy (non-hydrogen) atoms. The standard InChI is InChI=1S/C77H96ClF3N10O10S4/c1-51(53-18-20-55(21-19-53)70-52(2)82-50-103-70)83-73(96)66-44-61(92)48-91(66)74(97)71(75(3,4)5)85-68(93)16-12-9-13-17-69(94)90-42-36-87(37-43-90)35-33-59(49-102-62-14-10-8-11-15-62)84-65-31-30-63(45-67(65)104(98,99)77(79,80)81)105(100,101)86-72(95)56-24-28-60(29-25-56)89-40-38-88(39-41-89)47-57-46-76(6,7)34-32-64(57)54-22-26-58(78)27-23-54/h8,10-11,14-15,18-31,45,50-51,59,61,66,71,84,92H,9,12-13,16-17,32-44,46-49H2,1-7H3,(H,83,96)(H,85,93)(H,86,95)/t51-,59+,61+,66-,71+/m0/s1. The fourth-order valence-corrected chi connectivity index (χ4v) is 18.0. The largest absolute Gasteiger partial charge is 0.501 e. The molecule has 5 amide bonds. The second-order valence-corrected chi connectivity index (χ2v) is 35.7. The van der Waals surface area contributed by atoms with Gasteiger partial charge >= 0.3 is 5.51 Å². The Hall–Kier alpha value is -7.37. The van der Waals surface area contributed by atoms with E-state index in [0.717, 1.165) is 83.3 Å². The molecular weight excluding hydrogens is 1450 g/mol. The summed E-state index contributed by atoms with van der Waals surface area (Å²) in [6, 6.07) is 30.8. The summed E-state index contributed by atoms with van der Waals surface area (Å²) in [7, 11) is -11.1. The van der Waals surface area contributed by atoms with Crippen LogP contribution in [0.1, 0.15) is 139 Å². The lowest BCUT2D eigenvalue weighted by atomic mass is 9.73. The first-order chi connectivity index (χ1) is 49.7. The summed E-state index contributed by atoms with van der Waals surface area (Å²) in [5.41, 5.74) is 2.51. The minimum Gasteiger partial charge on any atom is -0.391 e. The highest BCUT2D eigenvalue weighted by atomic mass is 35.5. The molecule has 0 unspecified atom stereocenters. The number of amides is 5. The normalized spacial score (nSPS) is 18.7. The van der Waals surface area contributed by atoms with Crippen molar-refractivity contribution in [2.24, 2.45) is 10.8 Å². The lowest BCUT2D eigenvalue weighted by Crippen LogP contribution is -2.57. The van der Waals surface area contributed by atoms with Crippen LogP contribution >= 0.6 is 34.7 Å². The van der Waals surface area contributed by atoms with Gasteiger partial charge in [0.15, 0.2) is 0 Å². The van der Waals surface area contributed by atoms with Crippen LogP contribution in [-0.4, -0.2) is 184 Å². The number of rotatable bonds is 28. The number of β-amino-alcohol motifs (C(OH)–C–C–N with tert-alkyl or cyclic N) is 1. The number of thioether (sulfide) groups is 1. The van der Waals surface area contributed by atoms with Crippen LogP contribution in [0.5, 0.6) is 0 Å². The molecular formula is C77H96ClF3N10O10S4. The number of aromatic nitrogens is 1. The Balaban J connectivity index is 0.690. The van der Waals surface area contributed by atoms with Gasteiger partial charge in [-0.1, -0.05) is 113 Å². The predicted molar refractivity (Wildman–Crippen MR) is 407 cm³/mol. The molecule has 3 fully saturated rings. The molecule has 0 bridgehead atoms. The van der Waals surface area contributed by atoms with Gasteiger partial charge in [0.25, 0.3) is 25.8 Å². The molecule has 5 N–H and O–H groups in total. The number of alkyl halides is 3. The summed E-state index contributed by atoms with van der Waals surface area (Å²) >= 11 is 9.17. The SMILES string of the molecule is Cc1ncsc1-c1ccc([C@H](C)NC(=O)[C@@H]2C[C@@H](O)CN2C(=O)[C@@H](NC(=O)CCCCCC(=O)N2CCN(CC[C@H](CSc3ccccc3)Nc3ccc(S(=O)(=O)NC(=O)c4ccc(N5CCN(CC6=C(c7ccc(Cl)cc7)CCC(C)(C)C6)CC5)cc4)cc3S(=O)(=O)C(F)(F)F)CC2)C(C)(C)C)cc1. The Morgan fingerprint density at radius 2 is 1.45 bits per heavy atom. The number of nitrogens with one attached hydrogen (secondary N) is 4. The van der Waals surface area contributed by atoms with Crippen LogP contribution in [0.25, 0.3) is 16.0 Å². The second kappa shape index (κ2) is 34.7. The number of hydrogen-bond donors (Lipinski definition) is 5. The third-order valence-corrected chi connectivity index (χ3v) is 25.4. The molecule has 20 nitrogen and oxygen atoms in total. The van der Waals surface area contributed by atoms with Crippen LogP contribution in [0.3, 0.4) is 0 Å². The number of nitrogens with zero attached hydrogens (tertiary/aromatic N) is 6. The van der Waals surface area contributed by atoms with Crippen LogP contribution in [0, 0.1) is 17.8 Å². The quantitative estimate of drug-likeness (QED) is 0.0226. The van der Waals surface area contributed by atoms with Crippen molar-refractivity contribution in [3.05, 3.63) is 160 Å². The highest BCUT2D eigenvalue weighted by molar-refractivity contribution is 7.99. The van der Waals surface area contributed by atoms with Crippen molar-refractivity contribution in [2.75, 3.05) is 88.0 Å². The van der Waals surface area contributed by atoms with Gasteiger partial charge in [-0.25, -0.2) is 26.5 Å². The van der Waals surface area contributed by atoms with Crippen molar-refractivity contribution in [3.63, 3.8) is 0 Å². The first-order valence-electron chi connectivity index (χ1n) is 35.8. The van der Waals surface area contributed by atoms with E-state index in [0.29, 0.717) is 82.6 Å². The van der Waals surface area contributed by atoms with Crippen LogP contribution in [-0.2, 0) is 39.0 Å². The Kier molecular flexibility index (Phi) is 26.5. The first-order valence-corrected chi connectivity index (χ1v) is 41.0. The molecule has 1 aromatic heterocycles. The molecule has 3 saturated heterocycles. The number of thiazole rings is 1. The molecule has 4 heterocycles. The molecule has 6 aromatic rings. The average Bonchev–Trinajstić information content (AvgIpc) is 0.849. The monoisotopic (exact) mass is 1540 g/mol. The number of aliphatic hydroxyl groups is 1. The minimum atomic E-state index is -6.18. The molecule has 4 aliphatic rings. The smallest absolute Gasteiger partial charge is 0.391 e. The number of aryl methyl sites for hydroxylation is 1. The first kappa shape index (κ1) is 80.2. The number of hydrogen-bond acceptors (Lipinski definition) is 17. The third-order valence-electron chi connectivity index (χ3n) is 20.2. The summed E-state index contributed by atoms with van der Waals surface area (Å²) < 4.78 is 100. The Labute approximate surface area is 628 Å². The maximum absolute atomic E-state index is 14.6. The number of sulfonamides is 1. The van der Waals surface area contributed by atoms with Crippen LogP contribution < -0.4 is 25.6 Å². The minimum absolute atomic E-state index is 0.0422. The number of carbonyl (C=O) groups is 5. The lowest BCUT2D eigenvalue weighted by molar-refractivity contribution is -0.144. The van der Waals surface area contributed by atoms with Gasteiger partial charge in [0.05, 0.1) is 38.8 Å². The van der Waals surface area contributed by atoms with Crippen molar-refractivity contribution >= 4 is 101 Å². The van der Waals surface area contributed by atoms with Gasteiger partial charge in [-0.3, -0.25) is 33.8 Å². The Morgan fingerprint density at radius 1 is 0.790 bits per heavy atom. The van der Waals surface area contributed by atoms with E-state index in [9.17, 15) is 59.1 Å². The number of benzene rings is 5. The Morgan fingerprint density at radius 3 is 2.10 bits per heavy atom. The zero-order chi connectivity index (χ0) is 75.6. The van der Waals surface area contributed by atoms with Crippen LogP contribution in [0.2, 0.25) is 5.02 Å². The number of piperazine rings is 2. The van der Waals surface area contributed by atoms with E-state index in [-0.39, 0.29) is 54.4 Å². The van der Waals surface area contributed by atoms with Crippen molar-refractivity contribution < 1.29 is 59.1 Å². The number of carbonyl (C=O) groups excluding carboxylic acids is 5. The number of sulfone groups is 1. The molecule has 0 spiro atoms. The average molecular weight is 1540 g/mol. The van der Waals surface area contributed by atoms with Crippen LogP contribution in [0.4, 0.5) is 24.5 Å². The second-order valence-electron chi connectivity index (χ2n) is 29.7. The van der Waals surface area contributed by atoms with E-state index in [1.54, 1.807) is 33.9 Å². The van der Waals surface area contributed by atoms with E-state index >= 15 is 0 Å². The fourth-order valence-electron chi connectivity index (χ4n) is 14.0. The number of halogens is 4. The van der Waals surface area contributed by atoms with E-state index in [1.807, 2.05) is 106 Å². The van der Waals surface area contributed by atoms with Gasteiger partial charge in [-0.05, 0) is 152 Å². The lowest BCUT2D eigenvalue weighted by Gasteiger charge is -2.39. The maximum atomic E-state index is 14.6. The zero-order valence-corrected chi connectivity index (χ0v) is 64.5. The number of likely N-dealkylation sites (tertiary alicyclic amines) is 1. The summed E-state index contributed by atoms with van der Waals surface area (Å²) in [6.07, 6.45) is 4.33. The van der Waals surface area contributed by atoms with E-state index in [2.05, 4.69) is 61.6 Å². The third kappa shape index (κ3) is 21.1. The van der Waals surface area contributed by atoms with Gasteiger partial charge < -0.3 is 35.8 Å². The fraction of sp³-hybridized carbons (Fsp3) is 0.481. The molecule has 28 heteroatoms. The topological polar surface area (TPSA) is 251 Å². The Bertz CT molecular complexity index is 4300. The van der Waals surface area contributed by atoms with Crippen molar-refractivity contribution in [2.45, 2.75) is 163 Å². The van der Waals surface area contributed by atoms with Crippen molar-refractivity contribution in [1.82, 2.24) is 39.9 Å². The molecule has 0 saturated carbocycles. The van der Waals surface area contributed by atoms with E-state index in [1.165, 1.54) is 45.5 Å². The summed E-state index contributed by atoms with van der Waals surface area (Å²) in [5.74, 6) is -2.10. The summed E-state index contributed by atoms with van der Waals surface area (Å²) in [5, 5.41) is 20.4. The molecule has 5 atom stereocenters. The zero-order valence-electron chi connectivity index (χ0n) is 60.5. The summed E-state index contributed by atoms with van der Waals surface area (Å²) in [6.45, 7) is 19.8. The van der Waals surface area contributed by atoms with Gasteiger partial charge in [-0.2, -0.15) is 13.2 Å². The van der Waals surface area contributed by atoms with Crippen LogP contribution in [0.15, 0.2) is 147 Å². The highest BCUT2D eigenvalue weighted by Gasteiger charge is 2.49. The van der Waals surface area contributed by atoms with Crippen molar-refractivity contribution in [1.29, 1.82) is 0 Å². The van der Waals surface area contributed by atoms with Crippen molar-refractivity contribution in [3.8, 4) is 10.4 Å².